The highest BCUT2D eigenvalue weighted by atomic mass is 35.5. The van der Waals surface area contributed by atoms with Crippen molar-refractivity contribution >= 4 is 23.4 Å². The Labute approximate surface area is 195 Å². The molecule has 0 spiro atoms. The number of rotatable bonds is 8. The third kappa shape index (κ3) is 5.36. The molecule has 176 valence electrons. The molecule has 1 atom stereocenters. The van der Waals surface area contributed by atoms with E-state index in [4.69, 9.17) is 21.1 Å². The SMILES string of the molecule is O=C(COc1cccnc1)NC12CCC(NC(=O)COc3ccc(Cl)c(F)c3)(CC1)[C@@H](O)C2. The molecule has 1 aromatic heterocycles. The first-order chi connectivity index (χ1) is 15.8. The third-order valence-electron chi connectivity index (χ3n) is 6.38. The fourth-order valence-electron chi connectivity index (χ4n) is 4.60. The molecule has 0 saturated heterocycles. The minimum Gasteiger partial charge on any atom is -0.484 e. The highest BCUT2D eigenvalue weighted by Crippen LogP contribution is 2.47. The van der Waals surface area contributed by atoms with Gasteiger partial charge in [-0.1, -0.05) is 11.6 Å². The standard InChI is InChI=1S/C23H25ClFN3O5/c24-17-4-3-15(10-18(17)25)32-14-21(31)28-23-7-5-22(6-8-23,11-19(23)29)27-20(30)13-33-16-2-1-9-26-12-16/h1-4,9-10,12,19,29H,5-8,11,13-14H2,(H,27,30)(H,28,31)/t19-,22?,23?/m0/s1. The first kappa shape index (κ1) is 23.3. The lowest BCUT2D eigenvalue weighted by molar-refractivity contribution is -0.137. The van der Waals surface area contributed by atoms with E-state index in [2.05, 4.69) is 15.6 Å². The van der Waals surface area contributed by atoms with Crippen molar-refractivity contribution in [1.29, 1.82) is 0 Å². The summed E-state index contributed by atoms with van der Waals surface area (Å²) in [5.74, 6) is -0.622. The number of halogens is 2. The molecule has 0 unspecified atom stereocenters. The van der Waals surface area contributed by atoms with Gasteiger partial charge in [0.25, 0.3) is 11.8 Å². The minimum atomic E-state index is -0.823. The summed E-state index contributed by atoms with van der Waals surface area (Å²) in [7, 11) is 0. The number of carbonyl (C=O) groups is 2. The Hall–Kier alpha value is -2.91. The summed E-state index contributed by atoms with van der Waals surface area (Å²) in [6.45, 7) is -0.461. The van der Waals surface area contributed by atoms with E-state index < -0.39 is 28.9 Å². The molecule has 33 heavy (non-hydrogen) atoms. The number of hydrogen-bond acceptors (Lipinski definition) is 6. The van der Waals surface area contributed by atoms with Crippen molar-refractivity contribution < 1.29 is 28.6 Å². The molecule has 3 aliphatic carbocycles. The fourth-order valence-corrected chi connectivity index (χ4v) is 4.72. The molecule has 0 aliphatic heterocycles. The monoisotopic (exact) mass is 477 g/mol. The zero-order chi connectivity index (χ0) is 23.5. The Morgan fingerprint density at radius 1 is 1.09 bits per heavy atom. The molecule has 3 fully saturated rings. The van der Waals surface area contributed by atoms with Gasteiger partial charge in [0.2, 0.25) is 0 Å². The van der Waals surface area contributed by atoms with Gasteiger partial charge in [-0.2, -0.15) is 0 Å². The molecule has 3 aliphatic rings. The largest absolute Gasteiger partial charge is 0.484 e. The summed E-state index contributed by atoms with van der Waals surface area (Å²) in [4.78, 5) is 28.9. The van der Waals surface area contributed by atoms with Crippen LogP contribution in [0.4, 0.5) is 4.39 Å². The number of fused-ring (bicyclic) bond motifs is 3. The van der Waals surface area contributed by atoms with Gasteiger partial charge in [0.15, 0.2) is 13.2 Å². The molecule has 5 rings (SSSR count). The van der Waals surface area contributed by atoms with E-state index >= 15 is 0 Å². The molecular weight excluding hydrogens is 453 g/mol. The third-order valence-corrected chi connectivity index (χ3v) is 6.69. The van der Waals surface area contributed by atoms with Gasteiger partial charge >= 0.3 is 0 Å². The summed E-state index contributed by atoms with van der Waals surface area (Å²) < 4.78 is 24.3. The molecule has 8 nitrogen and oxygen atoms in total. The molecule has 1 aromatic carbocycles. The van der Waals surface area contributed by atoms with E-state index in [1.165, 1.54) is 18.3 Å². The highest BCUT2D eigenvalue weighted by molar-refractivity contribution is 6.30. The molecule has 3 N–H and O–H groups in total. The summed E-state index contributed by atoms with van der Waals surface area (Å²) in [6, 6.07) is 7.37. The molecule has 2 bridgehead atoms. The lowest BCUT2D eigenvalue weighted by Crippen LogP contribution is -2.70. The van der Waals surface area contributed by atoms with E-state index in [1.54, 1.807) is 18.3 Å². The van der Waals surface area contributed by atoms with Crippen molar-refractivity contribution in [3.8, 4) is 11.5 Å². The number of aliphatic hydroxyl groups excluding tert-OH is 1. The van der Waals surface area contributed by atoms with Crippen LogP contribution in [-0.2, 0) is 9.59 Å². The van der Waals surface area contributed by atoms with Crippen LogP contribution in [-0.4, -0.2) is 52.3 Å². The molecular formula is C23H25ClFN3O5. The number of nitrogens with zero attached hydrogens (tertiary/aromatic N) is 1. The van der Waals surface area contributed by atoms with Crippen LogP contribution in [0.2, 0.25) is 5.02 Å². The number of carbonyl (C=O) groups excluding carboxylic acids is 2. The van der Waals surface area contributed by atoms with Crippen LogP contribution in [0, 0.1) is 5.82 Å². The Morgan fingerprint density at radius 2 is 1.79 bits per heavy atom. The number of aliphatic hydroxyl groups is 1. The maximum Gasteiger partial charge on any atom is 0.258 e. The maximum absolute atomic E-state index is 13.5. The van der Waals surface area contributed by atoms with Crippen LogP contribution in [0.1, 0.15) is 32.1 Å². The van der Waals surface area contributed by atoms with Crippen molar-refractivity contribution in [1.82, 2.24) is 15.6 Å². The van der Waals surface area contributed by atoms with Crippen LogP contribution >= 0.6 is 11.6 Å². The maximum atomic E-state index is 13.5. The lowest BCUT2D eigenvalue weighted by atomic mass is 9.60. The number of aromatic nitrogens is 1. The van der Waals surface area contributed by atoms with Crippen molar-refractivity contribution in [3.05, 3.63) is 53.6 Å². The predicted octanol–water partition coefficient (Wildman–Crippen LogP) is 2.38. The molecule has 2 amide bonds. The highest BCUT2D eigenvalue weighted by Gasteiger charge is 2.55. The molecule has 10 heteroatoms. The smallest absolute Gasteiger partial charge is 0.258 e. The Balaban J connectivity index is 1.28. The summed E-state index contributed by atoms with van der Waals surface area (Å²) >= 11 is 5.64. The molecule has 3 saturated carbocycles. The number of hydrogen-bond donors (Lipinski definition) is 3. The second-order valence-corrected chi connectivity index (χ2v) is 9.00. The second kappa shape index (κ2) is 9.52. The van der Waals surface area contributed by atoms with E-state index in [1.807, 2.05) is 0 Å². The fraction of sp³-hybridized carbons (Fsp3) is 0.435. The Morgan fingerprint density at radius 3 is 2.42 bits per heavy atom. The van der Waals surface area contributed by atoms with Crippen LogP contribution in [0.25, 0.3) is 0 Å². The van der Waals surface area contributed by atoms with Gasteiger partial charge in [0.05, 0.1) is 22.9 Å². The number of benzene rings is 1. The van der Waals surface area contributed by atoms with E-state index in [-0.39, 0.29) is 29.9 Å². The minimum absolute atomic E-state index is 0.0302. The topological polar surface area (TPSA) is 110 Å². The number of amides is 2. The van der Waals surface area contributed by atoms with Crippen molar-refractivity contribution in [2.45, 2.75) is 49.3 Å². The molecule has 2 aromatic rings. The lowest BCUT2D eigenvalue weighted by Gasteiger charge is -2.56. The van der Waals surface area contributed by atoms with Gasteiger partial charge in [-0.25, -0.2) is 4.39 Å². The predicted molar refractivity (Wildman–Crippen MR) is 117 cm³/mol. The quantitative estimate of drug-likeness (QED) is 0.538. The summed E-state index contributed by atoms with van der Waals surface area (Å²) in [5, 5.41) is 16.7. The average molecular weight is 478 g/mol. The second-order valence-electron chi connectivity index (χ2n) is 8.59. The van der Waals surface area contributed by atoms with Crippen LogP contribution in [0.3, 0.4) is 0 Å². The van der Waals surface area contributed by atoms with Crippen LogP contribution in [0.5, 0.6) is 11.5 Å². The Bertz CT molecular complexity index is 1010. The van der Waals surface area contributed by atoms with Crippen LogP contribution < -0.4 is 20.1 Å². The van der Waals surface area contributed by atoms with E-state index in [9.17, 15) is 19.1 Å². The van der Waals surface area contributed by atoms with Crippen molar-refractivity contribution in [2.75, 3.05) is 13.2 Å². The first-order valence-electron chi connectivity index (χ1n) is 10.7. The number of nitrogens with one attached hydrogen (secondary N) is 2. The van der Waals surface area contributed by atoms with Gasteiger partial charge < -0.3 is 25.2 Å². The zero-order valence-electron chi connectivity index (χ0n) is 17.9. The summed E-state index contributed by atoms with van der Waals surface area (Å²) in [6.07, 6.45) is 4.91. The summed E-state index contributed by atoms with van der Waals surface area (Å²) in [5.41, 5.74) is -1.30. The number of ether oxygens (including phenoxy) is 2. The van der Waals surface area contributed by atoms with Crippen molar-refractivity contribution in [3.63, 3.8) is 0 Å². The van der Waals surface area contributed by atoms with Gasteiger partial charge in [-0.05, 0) is 56.4 Å². The van der Waals surface area contributed by atoms with E-state index in [0.717, 1.165) is 6.07 Å². The van der Waals surface area contributed by atoms with Gasteiger partial charge in [-0.3, -0.25) is 14.6 Å². The number of pyridine rings is 1. The van der Waals surface area contributed by atoms with Crippen LogP contribution in [0.15, 0.2) is 42.7 Å². The normalized spacial score (nSPS) is 25.8. The Kier molecular flexibility index (Phi) is 6.71. The van der Waals surface area contributed by atoms with Gasteiger partial charge in [-0.15, -0.1) is 0 Å². The van der Waals surface area contributed by atoms with Gasteiger partial charge in [0.1, 0.15) is 17.3 Å². The van der Waals surface area contributed by atoms with Gasteiger partial charge in [0, 0.05) is 17.8 Å². The van der Waals surface area contributed by atoms with E-state index in [0.29, 0.717) is 37.9 Å². The molecule has 1 heterocycles. The molecule has 0 radical (unpaired) electrons. The zero-order valence-corrected chi connectivity index (χ0v) is 18.6. The van der Waals surface area contributed by atoms with Crippen molar-refractivity contribution in [2.24, 2.45) is 0 Å². The first-order valence-corrected chi connectivity index (χ1v) is 11.1. The average Bonchev–Trinajstić information content (AvgIpc) is 2.80.